The predicted octanol–water partition coefficient (Wildman–Crippen LogP) is 6.26. The fourth-order valence-electron chi connectivity index (χ4n) is 5.78. The van der Waals surface area contributed by atoms with Crippen LogP contribution in [0.5, 0.6) is 0 Å². The van der Waals surface area contributed by atoms with Crippen LogP contribution in [0.4, 0.5) is 0 Å². The summed E-state index contributed by atoms with van der Waals surface area (Å²) in [5.74, 6) is 6.48. The van der Waals surface area contributed by atoms with E-state index in [2.05, 4.69) is 107 Å². The Morgan fingerprint density at radius 1 is 0.886 bits per heavy atom. The second-order valence-corrected chi connectivity index (χ2v) is 15.7. The minimum Gasteiger partial charge on any atom is -0.382 e. The molecule has 0 bridgehead atoms. The van der Waals surface area contributed by atoms with Crippen LogP contribution in [0.2, 0.25) is 5.04 Å². The molecule has 3 nitrogen and oxygen atoms in total. The monoisotopic (exact) mass is 490 g/mol. The van der Waals surface area contributed by atoms with E-state index in [1.807, 2.05) is 6.92 Å². The van der Waals surface area contributed by atoms with Crippen molar-refractivity contribution in [3.63, 3.8) is 0 Å². The quantitative estimate of drug-likeness (QED) is 0.366. The summed E-state index contributed by atoms with van der Waals surface area (Å²) in [6.45, 7) is 13.4. The summed E-state index contributed by atoms with van der Waals surface area (Å²) in [5.41, 5.74) is 0. The highest BCUT2D eigenvalue weighted by atomic mass is 28.4. The molecule has 0 radical (unpaired) electrons. The molecule has 2 saturated heterocycles. The lowest BCUT2D eigenvalue weighted by Crippen LogP contribution is -2.69. The zero-order valence-corrected chi connectivity index (χ0v) is 23.3. The normalized spacial score (nSPS) is 29.4. The third-order valence-corrected chi connectivity index (χ3v) is 12.9. The molecule has 1 spiro atoms. The van der Waals surface area contributed by atoms with Gasteiger partial charge in [0.15, 0.2) is 12.1 Å². The first kappa shape index (κ1) is 26.2. The van der Waals surface area contributed by atoms with Gasteiger partial charge in [0.2, 0.25) is 0 Å². The van der Waals surface area contributed by atoms with E-state index in [1.54, 1.807) is 0 Å². The first-order valence-electron chi connectivity index (χ1n) is 13.2. The first-order chi connectivity index (χ1) is 16.7. The van der Waals surface area contributed by atoms with Gasteiger partial charge in [0, 0.05) is 25.2 Å². The minimum absolute atomic E-state index is 0.0927. The molecule has 188 valence electrons. The second kappa shape index (κ2) is 10.6. The van der Waals surface area contributed by atoms with Gasteiger partial charge in [-0.3, -0.25) is 0 Å². The van der Waals surface area contributed by atoms with Crippen LogP contribution in [0, 0.1) is 23.7 Å². The van der Waals surface area contributed by atoms with E-state index >= 15 is 0 Å². The topological polar surface area (TPSA) is 27.7 Å². The zero-order valence-electron chi connectivity index (χ0n) is 22.3. The molecule has 0 N–H and O–H groups in total. The van der Waals surface area contributed by atoms with Crippen LogP contribution in [0.25, 0.3) is 0 Å². The molecular weight excluding hydrogens is 448 g/mol. The molecule has 2 aliphatic rings. The number of benzene rings is 2. The van der Waals surface area contributed by atoms with Gasteiger partial charge < -0.3 is 13.9 Å². The lowest BCUT2D eigenvalue weighted by molar-refractivity contribution is -0.359. The van der Waals surface area contributed by atoms with E-state index in [0.717, 1.165) is 32.1 Å². The third kappa shape index (κ3) is 5.30. The Labute approximate surface area is 213 Å². The molecule has 4 heteroatoms. The van der Waals surface area contributed by atoms with Crippen molar-refractivity contribution in [2.24, 2.45) is 11.8 Å². The van der Waals surface area contributed by atoms with Crippen molar-refractivity contribution >= 4 is 18.7 Å². The first-order valence-corrected chi connectivity index (χ1v) is 15.2. The Bertz CT molecular complexity index is 976. The number of ether oxygens (including phenoxy) is 2. The number of rotatable bonds is 5. The van der Waals surface area contributed by atoms with Crippen molar-refractivity contribution in [1.29, 1.82) is 0 Å². The SMILES string of the molecule is CC#CC[C@H]1OC2(CC[C@H](C)[C@H](O[Si](c3ccccc3)(c3ccccc3)C(C)(C)C)O2)CC[C@@H]1C. The lowest BCUT2D eigenvalue weighted by Gasteiger charge is -2.52. The van der Waals surface area contributed by atoms with E-state index in [0.29, 0.717) is 11.8 Å². The highest BCUT2D eigenvalue weighted by molar-refractivity contribution is 6.99. The minimum atomic E-state index is -2.71. The van der Waals surface area contributed by atoms with Crippen LogP contribution in [0.3, 0.4) is 0 Å². The van der Waals surface area contributed by atoms with Gasteiger partial charge >= 0.3 is 0 Å². The fourth-order valence-corrected chi connectivity index (χ4v) is 10.4. The van der Waals surface area contributed by atoms with E-state index < -0.39 is 14.1 Å². The van der Waals surface area contributed by atoms with Gasteiger partial charge in [0.05, 0.1) is 6.10 Å². The maximum Gasteiger partial charge on any atom is 0.264 e. The van der Waals surface area contributed by atoms with Crippen LogP contribution >= 0.6 is 0 Å². The largest absolute Gasteiger partial charge is 0.382 e. The zero-order chi connectivity index (χ0) is 25.1. The van der Waals surface area contributed by atoms with Gasteiger partial charge in [-0.1, -0.05) is 95.3 Å². The average Bonchev–Trinajstić information content (AvgIpc) is 2.85. The summed E-state index contributed by atoms with van der Waals surface area (Å²) in [7, 11) is -2.71. The molecule has 1 unspecified atom stereocenters. The van der Waals surface area contributed by atoms with Gasteiger partial charge in [-0.2, -0.15) is 0 Å². The van der Waals surface area contributed by atoms with Crippen molar-refractivity contribution in [3.05, 3.63) is 60.7 Å². The Balaban J connectivity index is 1.72. The van der Waals surface area contributed by atoms with E-state index in [4.69, 9.17) is 13.9 Å². The predicted molar refractivity (Wildman–Crippen MR) is 146 cm³/mol. The van der Waals surface area contributed by atoms with E-state index in [9.17, 15) is 0 Å². The maximum atomic E-state index is 7.41. The van der Waals surface area contributed by atoms with Gasteiger partial charge in [0.25, 0.3) is 8.32 Å². The fraction of sp³-hybridized carbons (Fsp3) is 0.548. The molecule has 2 heterocycles. The van der Waals surface area contributed by atoms with E-state index in [-0.39, 0.29) is 17.4 Å². The maximum absolute atomic E-state index is 7.41. The van der Waals surface area contributed by atoms with Crippen molar-refractivity contribution in [3.8, 4) is 11.8 Å². The van der Waals surface area contributed by atoms with Gasteiger partial charge in [-0.25, -0.2) is 0 Å². The summed E-state index contributed by atoms with van der Waals surface area (Å²) < 4.78 is 21.1. The van der Waals surface area contributed by atoms with Crippen LogP contribution in [0.1, 0.15) is 73.6 Å². The van der Waals surface area contributed by atoms with Crippen LogP contribution in [-0.4, -0.2) is 26.5 Å². The van der Waals surface area contributed by atoms with Crippen molar-refractivity contribution in [2.75, 3.05) is 0 Å². The summed E-state index contributed by atoms with van der Waals surface area (Å²) in [5, 5.41) is 2.47. The molecule has 0 aromatic heterocycles. The average molecular weight is 491 g/mol. The molecule has 2 aliphatic heterocycles. The standard InChI is InChI=1S/C31H42O3Si/c1-7-8-19-28-24(2)20-22-31(32-28)23-21-25(3)29(33-31)34-35(30(4,5)6,26-15-11-9-12-16-26)27-17-13-10-14-18-27/h9-18,24-25,28-29H,19-23H2,1-6H3/t24-,25-,28+,29-,31?/m0/s1. The Morgan fingerprint density at radius 2 is 1.43 bits per heavy atom. The lowest BCUT2D eigenvalue weighted by atomic mass is 9.85. The molecule has 0 saturated carbocycles. The number of hydrogen-bond acceptors (Lipinski definition) is 3. The van der Waals surface area contributed by atoms with Crippen LogP contribution < -0.4 is 10.4 Å². The molecule has 5 atom stereocenters. The van der Waals surface area contributed by atoms with Crippen molar-refractivity contribution in [2.45, 2.75) is 96.9 Å². The molecule has 0 amide bonds. The second-order valence-electron chi connectivity index (χ2n) is 11.5. The highest BCUT2D eigenvalue weighted by Crippen LogP contribution is 2.46. The van der Waals surface area contributed by atoms with Crippen LogP contribution in [-0.2, 0) is 13.9 Å². The molecule has 0 aliphatic carbocycles. The molecule has 2 fully saturated rings. The molecule has 4 rings (SSSR count). The van der Waals surface area contributed by atoms with Gasteiger partial charge in [-0.05, 0) is 41.1 Å². The molecule has 2 aromatic rings. The Kier molecular flexibility index (Phi) is 7.93. The number of hydrogen-bond donors (Lipinski definition) is 0. The highest BCUT2D eigenvalue weighted by Gasteiger charge is 2.55. The summed E-state index contributed by atoms with van der Waals surface area (Å²) in [6.07, 6.45) is 4.51. The van der Waals surface area contributed by atoms with Crippen molar-refractivity contribution in [1.82, 2.24) is 0 Å². The smallest absolute Gasteiger partial charge is 0.264 e. The summed E-state index contributed by atoms with van der Waals surface area (Å²) >= 11 is 0. The Morgan fingerprint density at radius 3 is 1.94 bits per heavy atom. The van der Waals surface area contributed by atoms with Crippen LogP contribution in [0.15, 0.2) is 60.7 Å². The Hall–Kier alpha value is -1.90. The summed E-state index contributed by atoms with van der Waals surface area (Å²) in [4.78, 5) is 0. The van der Waals surface area contributed by atoms with Gasteiger partial charge in [0.1, 0.15) is 0 Å². The molecule has 35 heavy (non-hydrogen) atoms. The third-order valence-electron chi connectivity index (χ3n) is 7.95. The molecule has 2 aromatic carbocycles. The summed E-state index contributed by atoms with van der Waals surface area (Å²) in [6, 6.07) is 21.7. The van der Waals surface area contributed by atoms with Crippen molar-refractivity contribution < 1.29 is 13.9 Å². The van der Waals surface area contributed by atoms with E-state index in [1.165, 1.54) is 10.4 Å². The molecular formula is C31H42O3Si. The van der Waals surface area contributed by atoms with Gasteiger partial charge in [-0.15, -0.1) is 11.8 Å².